The maximum atomic E-state index is 12.9. The maximum absolute atomic E-state index is 12.9. The molecule has 3 nitrogen and oxygen atoms in total. The Bertz CT molecular complexity index is 658. The molecule has 0 bridgehead atoms. The van der Waals surface area contributed by atoms with E-state index >= 15 is 0 Å². The van der Waals surface area contributed by atoms with E-state index in [9.17, 15) is 8.78 Å². The van der Waals surface area contributed by atoms with Crippen LogP contribution in [0.4, 0.5) is 14.6 Å². The van der Waals surface area contributed by atoms with E-state index in [1.165, 1.54) is 12.1 Å². The van der Waals surface area contributed by atoms with Crippen LogP contribution in [-0.4, -0.2) is 9.55 Å². The summed E-state index contributed by atoms with van der Waals surface area (Å²) in [5, 5.41) is 0. The van der Waals surface area contributed by atoms with E-state index < -0.39 is 6.43 Å². The number of aromatic nitrogens is 2. The van der Waals surface area contributed by atoms with Crippen LogP contribution in [0.2, 0.25) is 0 Å². The van der Waals surface area contributed by atoms with Crippen molar-refractivity contribution in [1.29, 1.82) is 0 Å². The number of nitrogens with two attached hydrogens (primary N) is 1. The monoisotopic (exact) mass is 291 g/mol. The summed E-state index contributed by atoms with van der Waals surface area (Å²) in [7, 11) is 0. The number of alkyl halides is 2. The van der Waals surface area contributed by atoms with E-state index in [1.54, 1.807) is 12.1 Å². The van der Waals surface area contributed by atoms with Gasteiger partial charge < -0.3 is 10.3 Å². The molecule has 0 radical (unpaired) electrons. The van der Waals surface area contributed by atoms with Crippen LogP contribution < -0.4 is 5.73 Å². The first-order valence-electron chi connectivity index (χ1n) is 7.25. The highest BCUT2D eigenvalue weighted by Crippen LogP contribution is 2.42. The van der Waals surface area contributed by atoms with E-state index in [0.717, 1.165) is 18.7 Å². The highest BCUT2D eigenvalue weighted by molar-refractivity contribution is 5.72. The summed E-state index contributed by atoms with van der Waals surface area (Å²) in [6, 6.07) is 6.73. The number of rotatable bonds is 4. The Hall–Kier alpha value is -1.91. The Balaban J connectivity index is 2.10. The van der Waals surface area contributed by atoms with Gasteiger partial charge in [0, 0.05) is 23.1 Å². The molecule has 0 unspecified atom stereocenters. The smallest absolute Gasteiger partial charge is 0.263 e. The normalized spacial score (nSPS) is 15.1. The summed E-state index contributed by atoms with van der Waals surface area (Å²) in [6.07, 6.45) is -0.269. The van der Waals surface area contributed by atoms with Gasteiger partial charge in [0.05, 0.1) is 0 Å². The lowest BCUT2D eigenvalue weighted by Gasteiger charge is -2.10. The Labute approximate surface area is 122 Å². The van der Waals surface area contributed by atoms with Crippen molar-refractivity contribution in [3.63, 3.8) is 0 Å². The first kappa shape index (κ1) is 14.0. The highest BCUT2D eigenvalue weighted by atomic mass is 19.3. The predicted octanol–water partition coefficient (Wildman–Crippen LogP) is 4.53. The van der Waals surface area contributed by atoms with Crippen LogP contribution in [0.15, 0.2) is 24.3 Å². The second-order valence-electron chi connectivity index (χ2n) is 5.89. The van der Waals surface area contributed by atoms with Gasteiger partial charge in [0.2, 0.25) is 0 Å². The standard InChI is InChI=1S/C16H19F2N3/c1-9(2)16-20-13(15(19)21(16)12-6-7-12)10-4-3-5-11(8-10)14(17)18/h3-5,8-9,12,14H,6-7,19H2,1-2H3. The van der Waals surface area contributed by atoms with E-state index in [0.29, 0.717) is 23.1 Å². The van der Waals surface area contributed by atoms with Gasteiger partial charge in [0.25, 0.3) is 6.43 Å². The molecule has 2 aromatic rings. The SMILES string of the molecule is CC(C)c1nc(-c2cccc(C(F)F)c2)c(N)n1C1CC1. The van der Waals surface area contributed by atoms with Crippen molar-refractivity contribution in [3.8, 4) is 11.3 Å². The molecule has 0 saturated heterocycles. The minimum Gasteiger partial charge on any atom is -0.383 e. The number of hydrogen-bond donors (Lipinski definition) is 1. The molecule has 1 aliphatic carbocycles. The van der Waals surface area contributed by atoms with Gasteiger partial charge >= 0.3 is 0 Å². The quantitative estimate of drug-likeness (QED) is 0.899. The molecule has 1 aromatic carbocycles. The summed E-state index contributed by atoms with van der Waals surface area (Å²) < 4.78 is 27.8. The van der Waals surface area contributed by atoms with Crippen LogP contribution in [0, 0.1) is 0 Å². The molecule has 0 amide bonds. The van der Waals surface area contributed by atoms with Crippen molar-refractivity contribution in [1.82, 2.24) is 9.55 Å². The van der Waals surface area contributed by atoms with E-state index in [2.05, 4.69) is 23.4 Å². The van der Waals surface area contributed by atoms with Crippen molar-refractivity contribution >= 4 is 5.82 Å². The Morgan fingerprint density at radius 3 is 2.57 bits per heavy atom. The minimum atomic E-state index is -2.48. The Morgan fingerprint density at radius 1 is 1.29 bits per heavy atom. The van der Waals surface area contributed by atoms with Crippen molar-refractivity contribution in [2.75, 3.05) is 5.73 Å². The summed E-state index contributed by atoms with van der Waals surface area (Å²) in [5.74, 6) is 1.78. The van der Waals surface area contributed by atoms with Gasteiger partial charge in [-0.3, -0.25) is 0 Å². The van der Waals surface area contributed by atoms with Gasteiger partial charge in [-0.05, 0) is 18.9 Å². The molecule has 1 aromatic heterocycles. The second kappa shape index (κ2) is 5.13. The third-order valence-corrected chi connectivity index (χ3v) is 3.82. The van der Waals surface area contributed by atoms with Crippen molar-refractivity contribution in [2.45, 2.75) is 45.1 Å². The lowest BCUT2D eigenvalue weighted by atomic mass is 10.1. The van der Waals surface area contributed by atoms with Crippen LogP contribution in [0.25, 0.3) is 11.3 Å². The van der Waals surface area contributed by atoms with Crippen LogP contribution in [0.3, 0.4) is 0 Å². The van der Waals surface area contributed by atoms with Gasteiger partial charge in [-0.2, -0.15) is 0 Å². The number of nitrogen functional groups attached to an aromatic ring is 1. The summed E-state index contributed by atoms with van der Waals surface area (Å²) >= 11 is 0. The largest absolute Gasteiger partial charge is 0.383 e. The first-order valence-corrected chi connectivity index (χ1v) is 7.25. The van der Waals surface area contributed by atoms with Crippen LogP contribution in [0.5, 0.6) is 0 Å². The fraction of sp³-hybridized carbons (Fsp3) is 0.438. The van der Waals surface area contributed by atoms with Crippen molar-refractivity contribution < 1.29 is 8.78 Å². The number of halogens is 2. The maximum Gasteiger partial charge on any atom is 0.263 e. The summed E-state index contributed by atoms with van der Waals surface area (Å²) in [6.45, 7) is 4.14. The first-order chi connectivity index (χ1) is 9.99. The summed E-state index contributed by atoms with van der Waals surface area (Å²) in [5.41, 5.74) is 7.53. The lowest BCUT2D eigenvalue weighted by molar-refractivity contribution is 0.151. The van der Waals surface area contributed by atoms with E-state index in [1.807, 2.05) is 0 Å². The van der Waals surface area contributed by atoms with E-state index in [-0.39, 0.29) is 11.5 Å². The zero-order chi connectivity index (χ0) is 15.1. The fourth-order valence-electron chi connectivity index (χ4n) is 2.62. The topological polar surface area (TPSA) is 43.8 Å². The molecule has 0 aliphatic heterocycles. The average molecular weight is 291 g/mol. The van der Waals surface area contributed by atoms with Crippen LogP contribution in [-0.2, 0) is 0 Å². The zero-order valence-electron chi connectivity index (χ0n) is 12.2. The van der Waals surface area contributed by atoms with Gasteiger partial charge in [0.1, 0.15) is 17.3 Å². The van der Waals surface area contributed by atoms with Gasteiger partial charge in [-0.1, -0.05) is 32.0 Å². The predicted molar refractivity (Wildman–Crippen MR) is 79.4 cm³/mol. The fourth-order valence-corrected chi connectivity index (χ4v) is 2.62. The third kappa shape index (κ3) is 2.52. The van der Waals surface area contributed by atoms with Crippen LogP contribution >= 0.6 is 0 Å². The highest BCUT2D eigenvalue weighted by Gasteiger charge is 2.31. The van der Waals surface area contributed by atoms with Crippen molar-refractivity contribution in [3.05, 3.63) is 35.7 Å². The second-order valence-corrected chi connectivity index (χ2v) is 5.89. The zero-order valence-corrected chi connectivity index (χ0v) is 12.2. The number of benzene rings is 1. The molecular weight excluding hydrogens is 272 g/mol. The number of hydrogen-bond acceptors (Lipinski definition) is 2. The summed E-state index contributed by atoms with van der Waals surface area (Å²) in [4.78, 5) is 4.63. The molecule has 5 heteroatoms. The molecule has 3 rings (SSSR count). The van der Waals surface area contributed by atoms with Gasteiger partial charge in [-0.15, -0.1) is 0 Å². The molecular formula is C16H19F2N3. The molecule has 2 N–H and O–H groups in total. The van der Waals surface area contributed by atoms with Crippen LogP contribution in [0.1, 0.15) is 56.5 Å². The van der Waals surface area contributed by atoms with Gasteiger partial charge in [-0.25, -0.2) is 13.8 Å². The molecule has 112 valence electrons. The molecule has 1 saturated carbocycles. The number of imidazole rings is 1. The number of nitrogens with zero attached hydrogens (tertiary/aromatic N) is 2. The molecule has 1 heterocycles. The molecule has 21 heavy (non-hydrogen) atoms. The molecule has 1 aliphatic rings. The van der Waals surface area contributed by atoms with E-state index in [4.69, 9.17) is 5.73 Å². The minimum absolute atomic E-state index is 0.000955. The van der Waals surface area contributed by atoms with Gasteiger partial charge in [0.15, 0.2) is 0 Å². The molecule has 0 atom stereocenters. The Morgan fingerprint density at radius 2 is 2.00 bits per heavy atom. The molecule has 0 spiro atoms. The van der Waals surface area contributed by atoms with Crippen molar-refractivity contribution in [2.24, 2.45) is 0 Å². The number of anilines is 1. The Kier molecular flexibility index (Phi) is 3.43. The lowest BCUT2D eigenvalue weighted by Crippen LogP contribution is -2.06. The third-order valence-electron chi connectivity index (χ3n) is 3.82. The average Bonchev–Trinajstić information content (AvgIpc) is 3.22. The molecule has 1 fully saturated rings.